The van der Waals surface area contributed by atoms with E-state index in [0.717, 1.165) is 18.4 Å². The Balaban J connectivity index is 2.28. The van der Waals surface area contributed by atoms with Crippen LogP contribution in [0.15, 0.2) is 18.3 Å². The van der Waals surface area contributed by atoms with Crippen LogP contribution in [0.25, 0.3) is 0 Å². The molecule has 0 aliphatic heterocycles. The third-order valence-electron chi connectivity index (χ3n) is 4.13. The van der Waals surface area contributed by atoms with Crippen molar-refractivity contribution in [2.75, 3.05) is 12.8 Å². The highest BCUT2D eigenvalue weighted by Gasteiger charge is 2.38. The van der Waals surface area contributed by atoms with E-state index in [1.807, 2.05) is 12.1 Å². The molecule has 1 aromatic rings. The van der Waals surface area contributed by atoms with E-state index < -0.39 is 0 Å². The zero-order chi connectivity index (χ0) is 13.0. The predicted octanol–water partition coefficient (Wildman–Crippen LogP) is 2.40. The fourth-order valence-electron chi connectivity index (χ4n) is 2.95. The normalized spacial score (nSPS) is 21.2. The molecular weight excluding hydrogens is 226 g/mol. The van der Waals surface area contributed by atoms with Gasteiger partial charge in [-0.2, -0.15) is 0 Å². The predicted molar refractivity (Wildman–Crippen MR) is 73.0 cm³/mol. The first kappa shape index (κ1) is 13.3. The van der Waals surface area contributed by atoms with Gasteiger partial charge in [0.05, 0.1) is 11.6 Å². The topological polar surface area (TPSA) is 74.2 Å². The molecule has 1 aromatic heterocycles. The average Bonchev–Trinajstić information content (AvgIpc) is 2.65. The van der Waals surface area contributed by atoms with E-state index in [1.54, 1.807) is 13.3 Å². The van der Waals surface area contributed by atoms with Crippen LogP contribution in [-0.2, 0) is 4.74 Å². The van der Waals surface area contributed by atoms with E-state index >= 15 is 0 Å². The van der Waals surface area contributed by atoms with Crippen molar-refractivity contribution in [2.45, 2.75) is 50.2 Å². The summed E-state index contributed by atoms with van der Waals surface area (Å²) in [6, 6.07) is 3.64. The highest BCUT2D eigenvalue weighted by atomic mass is 16.5. The monoisotopic (exact) mass is 249 g/mol. The maximum absolute atomic E-state index is 6.44. The van der Waals surface area contributed by atoms with Crippen LogP contribution in [0.2, 0.25) is 0 Å². The summed E-state index contributed by atoms with van der Waals surface area (Å²) in [5.41, 5.74) is 13.0. The summed E-state index contributed by atoms with van der Waals surface area (Å²) < 4.78 is 5.82. The standard InChI is InChI=1S/C14H23N3O/c1-18-14(8-4-2-3-5-9-14)12(15)11-7-6-10-17-13(11)16/h6-7,10,12H,2-5,8-9,15H2,1H3,(H2,16,17). The summed E-state index contributed by atoms with van der Waals surface area (Å²) in [7, 11) is 1.76. The Morgan fingerprint density at radius 1 is 1.28 bits per heavy atom. The second-order valence-corrected chi connectivity index (χ2v) is 5.14. The third-order valence-corrected chi connectivity index (χ3v) is 4.13. The molecule has 0 amide bonds. The zero-order valence-corrected chi connectivity index (χ0v) is 11.1. The number of nitrogens with two attached hydrogens (primary N) is 2. The molecule has 0 spiro atoms. The van der Waals surface area contributed by atoms with Crippen molar-refractivity contribution in [3.05, 3.63) is 23.9 Å². The fourth-order valence-corrected chi connectivity index (χ4v) is 2.95. The summed E-state index contributed by atoms with van der Waals surface area (Å²) >= 11 is 0. The Morgan fingerprint density at radius 2 is 1.94 bits per heavy atom. The van der Waals surface area contributed by atoms with Crippen LogP contribution in [0.4, 0.5) is 5.82 Å². The van der Waals surface area contributed by atoms with Gasteiger partial charge in [-0.3, -0.25) is 0 Å². The van der Waals surface area contributed by atoms with Crippen LogP contribution in [-0.4, -0.2) is 17.7 Å². The van der Waals surface area contributed by atoms with Gasteiger partial charge in [0.25, 0.3) is 0 Å². The number of pyridine rings is 1. The molecule has 1 atom stereocenters. The molecule has 1 saturated carbocycles. The van der Waals surface area contributed by atoms with Gasteiger partial charge in [-0.1, -0.05) is 31.7 Å². The maximum Gasteiger partial charge on any atom is 0.128 e. The minimum absolute atomic E-state index is 0.200. The molecule has 0 saturated heterocycles. The van der Waals surface area contributed by atoms with Gasteiger partial charge >= 0.3 is 0 Å². The minimum atomic E-state index is -0.284. The number of hydrogen-bond donors (Lipinski definition) is 2. The smallest absolute Gasteiger partial charge is 0.128 e. The van der Waals surface area contributed by atoms with Crippen molar-refractivity contribution in [3.8, 4) is 0 Å². The minimum Gasteiger partial charge on any atom is -0.383 e. The molecule has 1 fully saturated rings. The third kappa shape index (κ3) is 2.49. The largest absolute Gasteiger partial charge is 0.383 e. The molecule has 0 radical (unpaired) electrons. The van der Waals surface area contributed by atoms with E-state index in [9.17, 15) is 0 Å². The first-order valence-electron chi connectivity index (χ1n) is 6.71. The van der Waals surface area contributed by atoms with Crippen molar-refractivity contribution in [1.29, 1.82) is 0 Å². The van der Waals surface area contributed by atoms with E-state index in [1.165, 1.54) is 25.7 Å². The summed E-state index contributed by atoms with van der Waals surface area (Å²) in [6.45, 7) is 0. The second-order valence-electron chi connectivity index (χ2n) is 5.14. The first-order valence-corrected chi connectivity index (χ1v) is 6.71. The maximum atomic E-state index is 6.44. The molecular formula is C14H23N3O. The van der Waals surface area contributed by atoms with Gasteiger partial charge in [0.2, 0.25) is 0 Å². The van der Waals surface area contributed by atoms with Crippen LogP contribution in [0, 0.1) is 0 Å². The Bertz CT molecular complexity index is 386. The van der Waals surface area contributed by atoms with Crippen molar-refractivity contribution in [3.63, 3.8) is 0 Å². The van der Waals surface area contributed by atoms with Crippen LogP contribution in [0.1, 0.15) is 50.1 Å². The molecule has 18 heavy (non-hydrogen) atoms. The van der Waals surface area contributed by atoms with Crippen LogP contribution < -0.4 is 11.5 Å². The zero-order valence-electron chi connectivity index (χ0n) is 11.1. The molecule has 100 valence electrons. The number of rotatable bonds is 3. The number of hydrogen-bond acceptors (Lipinski definition) is 4. The molecule has 1 heterocycles. The number of methoxy groups -OCH3 is 1. The molecule has 1 unspecified atom stereocenters. The Morgan fingerprint density at radius 3 is 2.50 bits per heavy atom. The highest BCUT2D eigenvalue weighted by Crippen LogP contribution is 2.39. The highest BCUT2D eigenvalue weighted by molar-refractivity contribution is 5.42. The molecule has 4 nitrogen and oxygen atoms in total. The number of anilines is 1. The Labute approximate surface area is 109 Å². The molecule has 4 heteroatoms. The SMILES string of the molecule is COC1(C(N)c2cccnc2N)CCCCCC1. The summed E-state index contributed by atoms with van der Waals surface area (Å²) in [4.78, 5) is 4.13. The van der Waals surface area contributed by atoms with Gasteiger partial charge in [-0.15, -0.1) is 0 Å². The fraction of sp³-hybridized carbons (Fsp3) is 0.643. The van der Waals surface area contributed by atoms with Crippen LogP contribution >= 0.6 is 0 Å². The van der Waals surface area contributed by atoms with Crippen LogP contribution in [0.5, 0.6) is 0 Å². The second kappa shape index (κ2) is 5.67. The van der Waals surface area contributed by atoms with Gasteiger partial charge in [0.15, 0.2) is 0 Å². The summed E-state index contributed by atoms with van der Waals surface area (Å²) in [6.07, 6.45) is 8.56. The average molecular weight is 249 g/mol. The molecule has 1 aliphatic carbocycles. The first-order chi connectivity index (χ1) is 8.69. The Hall–Kier alpha value is -1.13. The lowest BCUT2D eigenvalue weighted by atomic mass is 9.83. The lowest BCUT2D eigenvalue weighted by Gasteiger charge is -2.37. The molecule has 1 aliphatic rings. The van der Waals surface area contributed by atoms with Crippen molar-refractivity contribution in [1.82, 2.24) is 4.98 Å². The van der Waals surface area contributed by atoms with Gasteiger partial charge in [-0.25, -0.2) is 4.98 Å². The summed E-state index contributed by atoms with van der Waals surface area (Å²) in [5.74, 6) is 0.519. The van der Waals surface area contributed by atoms with Crippen molar-refractivity contribution < 1.29 is 4.74 Å². The lowest BCUT2D eigenvalue weighted by Crippen LogP contribution is -2.43. The number of aromatic nitrogens is 1. The van der Waals surface area contributed by atoms with Crippen LogP contribution in [0.3, 0.4) is 0 Å². The van der Waals surface area contributed by atoms with Crippen molar-refractivity contribution >= 4 is 5.82 Å². The van der Waals surface area contributed by atoms with E-state index in [4.69, 9.17) is 16.2 Å². The summed E-state index contributed by atoms with van der Waals surface area (Å²) in [5, 5.41) is 0. The van der Waals surface area contributed by atoms with E-state index in [0.29, 0.717) is 5.82 Å². The van der Waals surface area contributed by atoms with E-state index in [2.05, 4.69) is 4.98 Å². The van der Waals surface area contributed by atoms with Gasteiger partial charge in [0.1, 0.15) is 5.82 Å². The molecule has 0 bridgehead atoms. The van der Waals surface area contributed by atoms with Crippen molar-refractivity contribution in [2.24, 2.45) is 5.73 Å². The quantitative estimate of drug-likeness (QED) is 0.807. The van der Waals surface area contributed by atoms with Gasteiger partial charge < -0.3 is 16.2 Å². The van der Waals surface area contributed by atoms with Gasteiger partial charge in [0, 0.05) is 18.9 Å². The lowest BCUT2D eigenvalue weighted by molar-refractivity contribution is -0.0441. The Kier molecular flexibility index (Phi) is 4.19. The molecule has 2 rings (SSSR count). The number of ether oxygens (including phenoxy) is 1. The van der Waals surface area contributed by atoms with E-state index in [-0.39, 0.29) is 11.6 Å². The molecule has 4 N–H and O–H groups in total. The number of nitrogens with zero attached hydrogens (tertiary/aromatic N) is 1. The molecule has 0 aromatic carbocycles. The van der Waals surface area contributed by atoms with Gasteiger partial charge in [-0.05, 0) is 18.9 Å². The number of nitrogen functional groups attached to an aromatic ring is 1.